The molecule has 2 rings (SSSR count). The number of benzene rings is 1. The predicted molar refractivity (Wildman–Crippen MR) is 81.5 cm³/mol. The Morgan fingerprint density at radius 2 is 2.00 bits per heavy atom. The molecule has 0 fully saturated rings. The van der Waals surface area contributed by atoms with Crippen LogP contribution < -0.4 is 16.8 Å². The van der Waals surface area contributed by atoms with Crippen molar-refractivity contribution in [2.24, 2.45) is 11.7 Å². The van der Waals surface area contributed by atoms with E-state index >= 15 is 0 Å². The van der Waals surface area contributed by atoms with Gasteiger partial charge in [0, 0.05) is 4.70 Å². The number of hydrogen-bond acceptors (Lipinski definition) is 4. The zero-order valence-corrected chi connectivity index (χ0v) is 12.5. The quantitative estimate of drug-likeness (QED) is 0.804. The van der Waals surface area contributed by atoms with Crippen LogP contribution in [0.4, 0.5) is 10.1 Å². The van der Waals surface area contributed by atoms with Gasteiger partial charge >= 0.3 is 0 Å². The number of nitrogen functional groups attached to an aromatic ring is 1. The van der Waals surface area contributed by atoms with Crippen molar-refractivity contribution in [2.75, 3.05) is 5.73 Å². The maximum absolute atomic E-state index is 13.8. The Hall–Kier alpha value is -2.15. The number of nitrogens with two attached hydrogens (primary N) is 2. The molecule has 7 heteroatoms. The average molecular weight is 309 g/mol. The molecule has 2 aromatic rings. The van der Waals surface area contributed by atoms with Crippen LogP contribution in [0.15, 0.2) is 18.2 Å². The lowest BCUT2D eigenvalue weighted by molar-refractivity contribution is -0.120. The summed E-state index contributed by atoms with van der Waals surface area (Å²) in [7, 11) is 0. The minimum Gasteiger partial charge on any atom is -0.397 e. The molecule has 1 aromatic carbocycles. The van der Waals surface area contributed by atoms with Gasteiger partial charge in [0.2, 0.25) is 5.91 Å². The Balaban J connectivity index is 2.38. The van der Waals surface area contributed by atoms with Gasteiger partial charge in [-0.05, 0) is 18.1 Å². The molecule has 0 aliphatic carbocycles. The van der Waals surface area contributed by atoms with Gasteiger partial charge in [0.05, 0.1) is 11.1 Å². The normalized spacial score (nSPS) is 12.6. The fraction of sp³-hybridized carbons (Fsp3) is 0.286. The third-order valence-electron chi connectivity index (χ3n) is 3.17. The van der Waals surface area contributed by atoms with E-state index in [1.165, 1.54) is 6.07 Å². The van der Waals surface area contributed by atoms with E-state index in [4.69, 9.17) is 11.5 Å². The topological polar surface area (TPSA) is 98.2 Å². The van der Waals surface area contributed by atoms with Crippen molar-refractivity contribution in [3.8, 4) is 0 Å². The second kappa shape index (κ2) is 5.69. The molecule has 2 amide bonds. The first-order valence-electron chi connectivity index (χ1n) is 6.39. The highest BCUT2D eigenvalue weighted by Crippen LogP contribution is 2.35. The van der Waals surface area contributed by atoms with Crippen LogP contribution in [0.3, 0.4) is 0 Å². The monoisotopic (exact) mass is 309 g/mol. The number of fused-ring (bicyclic) bond motifs is 1. The Labute approximate surface area is 125 Å². The zero-order valence-electron chi connectivity index (χ0n) is 11.6. The van der Waals surface area contributed by atoms with Crippen molar-refractivity contribution in [2.45, 2.75) is 19.9 Å². The molecule has 0 aliphatic heterocycles. The zero-order chi connectivity index (χ0) is 15.7. The number of nitrogens with one attached hydrogen (secondary N) is 1. The lowest BCUT2D eigenvalue weighted by Gasteiger charge is -2.18. The average Bonchev–Trinajstić information content (AvgIpc) is 2.73. The molecule has 21 heavy (non-hydrogen) atoms. The predicted octanol–water partition coefficient (Wildman–Crippen LogP) is 1.86. The first kappa shape index (κ1) is 15.2. The number of carbonyl (C=O) groups excluding carboxylic acids is 2. The van der Waals surface area contributed by atoms with Crippen LogP contribution in [0.2, 0.25) is 0 Å². The van der Waals surface area contributed by atoms with E-state index in [0.717, 1.165) is 11.3 Å². The fourth-order valence-corrected chi connectivity index (χ4v) is 3.11. The molecule has 0 saturated heterocycles. The number of carbonyl (C=O) groups is 2. The third-order valence-corrected chi connectivity index (χ3v) is 4.34. The van der Waals surface area contributed by atoms with Crippen molar-refractivity contribution >= 4 is 38.9 Å². The van der Waals surface area contributed by atoms with Crippen LogP contribution in [-0.4, -0.2) is 17.9 Å². The molecule has 0 spiro atoms. The second-order valence-corrected chi connectivity index (χ2v) is 6.11. The van der Waals surface area contributed by atoms with Crippen molar-refractivity contribution in [1.82, 2.24) is 5.32 Å². The highest BCUT2D eigenvalue weighted by Gasteiger charge is 2.25. The molecule has 1 atom stereocenters. The second-order valence-electron chi connectivity index (χ2n) is 5.06. The molecular formula is C14H16FN3O2S. The van der Waals surface area contributed by atoms with E-state index in [1.807, 2.05) is 0 Å². The van der Waals surface area contributed by atoms with E-state index in [0.29, 0.717) is 4.70 Å². The summed E-state index contributed by atoms with van der Waals surface area (Å²) in [6.07, 6.45) is 0. The van der Waals surface area contributed by atoms with Crippen LogP contribution in [0.25, 0.3) is 10.1 Å². The Bertz CT molecular complexity index is 712. The molecule has 1 unspecified atom stereocenters. The summed E-state index contributed by atoms with van der Waals surface area (Å²) >= 11 is 1.08. The third kappa shape index (κ3) is 2.82. The van der Waals surface area contributed by atoms with Gasteiger partial charge in [-0.2, -0.15) is 0 Å². The first-order chi connectivity index (χ1) is 9.82. The number of anilines is 1. The number of primary amides is 1. The number of amides is 2. The van der Waals surface area contributed by atoms with E-state index in [-0.39, 0.29) is 21.9 Å². The first-order valence-corrected chi connectivity index (χ1v) is 7.21. The van der Waals surface area contributed by atoms with E-state index in [1.54, 1.807) is 26.0 Å². The highest BCUT2D eigenvalue weighted by atomic mass is 32.1. The number of thiophene rings is 1. The van der Waals surface area contributed by atoms with Crippen molar-refractivity contribution in [1.29, 1.82) is 0 Å². The van der Waals surface area contributed by atoms with Crippen LogP contribution >= 0.6 is 11.3 Å². The van der Waals surface area contributed by atoms with Gasteiger partial charge in [0.15, 0.2) is 0 Å². The van der Waals surface area contributed by atoms with Gasteiger partial charge in [-0.3, -0.25) is 9.59 Å². The smallest absolute Gasteiger partial charge is 0.264 e. The summed E-state index contributed by atoms with van der Waals surface area (Å²) in [6.45, 7) is 3.54. The molecule has 1 heterocycles. The molecule has 0 aliphatic rings. The van der Waals surface area contributed by atoms with Crippen molar-refractivity contribution < 1.29 is 14.0 Å². The molecule has 0 saturated carbocycles. The summed E-state index contributed by atoms with van der Waals surface area (Å²) in [5.74, 6) is -1.77. The largest absolute Gasteiger partial charge is 0.397 e. The molecule has 5 N–H and O–H groups in total. The van der Waals surface area contributed by atoms with E-state index in [2.05, 4.69) is 5.32 Å². The number of hydrogen-bond donors (Lipinski definition) is 3. The van der Waals surface area contributed by atoms with Gasteiger partial charge < -0.3 is 16.8 Å². The minimum atomic E-state index is -0.799. The summed E-state index contributed by atoms with van der Waals surface area (Å²) in [5, 5.41) is 2.78. The van der Waals surface area contributed by atoms with Crippen molar-refractivity contribution in [3.63, 3.8) is 0 Å². The Morgan fingerprint density at radius 3 is 2.52 bits per heavy atom. The maximum Gasteiger partial charge on any atom is 0.264 e. The standard InChI is InChI=1S/C14H16FN3O2S/c1-6(2)11(13(17)19)18-14(20)12-10(16)9-7(15)4-3-5-8(9)21-12/h3-6,11H,16H2,1-2H3,(H2,17,19)(H,18,20). The Morgan fingerprint density at radius 1 is 1.33 bits per heavy atom. The van der Waals surface area contributed by atoms with E-state index in [9.17, 15) is 14.0 Å². The Kier molecular flexibility index (Phi) is 4.13. The van der Waals surface area contributed by atoms with Gasteiger partial charge in [-0.1, -0.05) is 19.9 Å². The van der Waals surface area contributed by atoms with Crippen LogP contribution in [-0.2, 0) is 4.79 Å². The molecule has 0 bridgehead atoms. The van der Waals surface area contributed by atoms with Gasteiger partial charge in [0.25, 0.3) is 5.91 Å². The van der Waals surface area contributed by atoms with Gasteiger partial charge in [-0.25, -0.2) is 4.39 Å². The molecule has 112 valence electrons. The molecule has 5 nitrogen and oxygen atoms in total. The summed E-state index contributed by atoms with van der Waals surface area (Å²) in [4.78, 5) is 23.8. The summed E-state index contributed by atoms with van der Waals surface area (Å²) in [5.41, 5.74) is 11.2. The summed E-state index contributed by atoms with van der Waals surface area (Å²) in [6, 6.07) is 3.72. The molecular weight excluding hydrogens is 293 g/mol. The maximum atomic E-state index is 13.8. The van der Waals surface area contributed by atoms with Crippen LogP contribution in [0.5, 0.6) is 0 Å². The van der Waals surface area contributed by atoms with Gasteiger partial charge in [0.1, 0.15) is 16.7 Å². The highest BCUT2D eigenvalue weighted by molar-refractivity contribution is 7.21. The number of rotatable bonds is 4. The minimum absolute atomic E-state index is 0.0811. The van der Waals surface area contributed by atoms with Crippen LogP contribution in [0, 0.1) is 11.7 Å². The lowest BCUT2D eigenvalue weighted by atomic mass is 10.0. The van der Waals surface area contributed by atoms with E-state index < -0.39 is 23.7 Å². The number of halogens is 1. The fourth-order valence-electron chi connectivity index (χ4n) is 2.07. The SMILES string of the molecule is CC(C)C(NC(=O)c1sc2cccc(F)c2c1N)C(N)=O. The molecule has 1 aromatic heterocycles. The van der Waals surface area contributed by atoms with Gasteiger partial charge in [-0.15, -0.1) is 11.3 Å². The van der Waals surface area contributed by atoms with Crippen LogP contribution in [0.1, 0.15) is 23.5 Å². The lowest BCUT2D eigenvalue weighted by Crippen LogP contribution is -2.47. The summed E-state index contributed by atoms with van der Waals surface area (Å²) < 4.78 is 14.3. The molecule has 0 radical (unpaired) electrons. The van der Waals surface area contributed by atoms with Crippen molar-refractivity contribution in [3.05, 3.63) is 28.9 Å².